The molecule has 0 atom stereocenters. The smallest absolute Gasteiger partial charge is 0.134 e. The number of pyridine rings is 1. The van der Waals surface area contributed by atoms with Crippen LogP contribution in [0, 0.1) is 20.8 Å². The summed E-state index contributed by atoms with van der Waals surface area (Å²) in [4.78, 5) is 13.0. The Morgan fingerprint density at radius 2 is 1.86 bits per heavy atom. The number of fused-ring (bicyclic) bond motifs is 1. The minimum Gasteiger partial charge on any atom is -0.508 e. The number of phenolic OH excluding ortho intramolecular Hbond substituents is 1. The van der Waals surface area contributed by atoms with Crippen molar-refractivity contribution in [2.45, 2.75) is 20.8 Å². The van der Waals surface area contributed by atoms with Crippen LogP contribution in [-0.2, 0) is 0 Å². The Balaban J connectivity index is 2.47. The summed E-state index contributed by atoms with van der Waals surface area (Å²) in [6.07, 6.45) is 1.44. The Morgan fingerprint density at radius 1 is 1.10 bits per heavy atom. The number of aromatic nitrogens is 3. The van der Waals surface area contributed by atoms with Crippen molar-refractivity contribution in [3.05, 3.63) is 41.3 Å². The van der Waals surface area contributed by atoms with Gasteiger partial charge in [-0.1, -0.05) is 6.07 Å². The SMILES string of the molecule is Cc1cc2c(N)ncnc2c(-c2c(C)ccc(O)c2C)n1. The fraction of sp³-hybridized carbons (Fsp3) is 0.188. The summed E-state index contributed by atoms with van der Waals surface area (Å²) in [6, 6.07) is 5.44. The van der Waals surface area contributed by atoms with E-state index in [1.54, 1.807) is 6.07 Å². The largest absolute Gasteiger partial charge is 0.508 e. The number of aryl methyl sites for hydroxylation is 2. The molecule has 3 N–H and O–H groups in total. The van der Waals surface area contributed by atoms with Gasteiger partial charge in [-0.3, -0.25) is 4.98 Å². The minimum absolute atomic E-state index is 0.245. The fourth-order valence-corrected chi connectivity index (χ4v) is 2.59. The highest BCUT2D eigenvalue weighted by Crippen LogP contribution is 2.35. The van der Waals surface area contributed by atoms with Gasteiger partial charge in [0.25, 0.3) is 0 Å². The second-order valence-corrected chi connectivity index (χ2v) is 5.17. The van der Waals surface area contributed by atoms with Gasteiger partial charge in [-0.05, 0) is 38.5 Å². The first kappa shape index (κ1) is 13.3. The summed E-state index contributed by atoms with van der Waals surface area (Å²) in [6.45, 7) is 5.77. The highest BCUT2D eigenvalue weighted by atomic mass is 16.3. The first-order chi connectivity index (χ1) is 9.99. The van der Waals surface area contributed by atoms with Crippen LogP contribution in [0.1, 0.15) is 16.8 Å². The number of nitrogens with zero attached hydrogens (tertiary/aromatic N) is 3. The molecule has 0 spiro atoms. The molecule has 2 aromatic heterocycles. The zero-order valence-electron chi connectivity index (χ0n) is 12.2. The number of phenols is 1. The van der Waals surface area contributed by atoms with E-state index in [1.807, 2.05) is 32.9 Å². The van der Waals surface area contributed by atoms with Crippen molar-refractivity contribution in [3.8, 4) is 17.0 Å². The monoisotopic (exact) mass is 280 g/mol. The number of anilines is 1. The number of nitrogens with two attached hydrogens (primary N) is 1. The Morgan fingerprint density at radius 3 is 2.62 bits per heavy atom. The molecule has 0 amide bonds. The van der Waals surface area contributed by atoms with E-state index in [0.717, 1.165) is 33.5 Å². The lowest BCUT2D eigenvalue weighted by Crippen LogP contribution is -2.00. The van der Waals surface area contributed by atoms with Gasteiger partial charge in [0.15, 0.2) is 0 Å². The van der Waals surface area contributed by atoms with Crippen LogP contribution in [0.3, 0.4) is 0 Å². The van der Waals surface area contributed by atoms with Crippen LogP contribution in [0.5, 0.6) is 5.75 Å². The minimum atomic E-state index is 0.245. The lowest BCUT2D eigenvalue weighted by Gasteiger charge is -2.13. The number of nitrogen functional groups attached to an aromatic ring is 1. The molecule has 5 nitrogen and oxygen atoms in total. The molecule has 0 radical (unpaired) electrons. The molecule has 0 aliphatic carbocycles. The van der Waals surface area contributed by atoms with Crippen molar-refractivity contribution >= 4 is 16.7 Å². The molecule has 0 saturated carbocycles. The lowest BCUT2D eigenvalue weighted by atomic mass is 9.97. The van der Waals surface area contributed by atoms with Crippen molar-refractivity contribution in [3.63, 3.8) is 0 Å². The quantitative estimate of drug-likeness (QED) is 0.716. The van der Waals surface area contributed by atoms with E-state index < -0.39 is 0 Å². The Kier molecular flexibility index (Phi) is 2.97. The van der Waals surface area contributed by atoms with E-state index in [2.05, 4.69) is 15.0 Å². The lowest BCUT2D eigenvalue weighted by molar-refractivity contribution is 0.471. The van der Waals surface area contributed by atoms with Crippen molar-refractivity contribution in [2.75, 3.05) is 5.73 Å². The summed E-state index contributed by atoms with van der Waals surface area (Å²) in [5, 5.41) is 10.8. The molecule has 0 bridgehead atoms. The average molecular weight is 280 g/mol. The molecule has 0 fully saturated rings. The molecule has 2 heterocycles. The van der Waals surface area contributed by atoms with E-state index in [4.69, 9.17) is 5.73 Å². The summed E-state index contributed by atoms with van der Waals surface area (Å²) in [5.41, 5.74) is 10.9. The molecule has 0 aliphatic rings. The van der Waals surface area contributed by atoms with Crippen molar-refractivity contribution in [2.24, 2.45) is 0 Å². The highest BCUT2D eigenvalue weighted by Gasteiger charge is 2.16. The molecule has 3 rings (SSSR count). The molecule has 21 heavy (non-hydrogen) atoms. The van der Waals surface area contributed by atoms with Crippen LogP contribution < -0.4 is 5.73 Å². The second-order valence-electron chi connectivity index (χ2n) is 5.17. The predicted molar refractivity (Wildman–Crippen MR) is 83.1 cm³/mol. The third-order valence-electron chi connectivity index (χ3n) is 3.66. The summed E-state index contributed by atoms with van der Waals surface area (Å²) in [5.74, 6) is 0.677. The molecule has 106 valence electrons. The van der Waals surface area contributed by atoms with Crippen LogP contribution in [0.15, 0.2) is 24.5 Å². The van der Waals surface area contributed by atoms with Crippen molar-refractivity contribution in [1.82, 2.24) is 15.0 Å². The number of rotatable bonds is 1. The molecule has 0 aliphatic heterocycles. The van der Waals surface area contributed by atoms with Gasteiger partial charge in [0.05, 0.1) is 5.69 Å². The molecule has 0 saturated heterocycles. The van der Waals surface area contributed by atoms with E-state index in [-0.39, 0.29) is 5.75 Å². The summed E-state index contributed by atoms with van der Waals surface area (Å²) < 4.78 is 0. The standard InChI is InChI=1S/C16H16N4O/c1-8-4-5-12(21)10(3)13(8)15-14-11(6-9(2)20-15)16(17)19-7-18-14/h4-7,21H,1-3H3,(H2,17,18,19). The Bertz CT molecular complexity index is 859. The van der Waals surface area contributed by atoms with Crippen LogP contribution in [0.2, 0.25) is 0 Å². The van der Waals surface area contributed by atoms with Crippen LogP contribution >= 0.6 is 0 Å². The van der Waals surface area contributed by atoms with E-state index in [9.17, 15) is 5.11 Å². The first-order valence-electron chi connectivity index (χ1n) is 6.66. The average Bonchev–Trinajstić information content (AvgIpc) is 2.44. The van der Waals surface area contributed by atoms with Gasteiger partial charge in [-0.25, -0.2) is 9.97 Å². The number of benzene rings is 1. The van der Waals surface area contributed by atoms with Gasteiger partial charge in [-0.2, -0.15) is 0 Å². The fourth-order valence-electron chi connectivity index (χ4n) is 2.59. The third kappa shape index (κ3) is 2.07. The molecule has 3 aromatic rings. The van der Waals surface area contributed by atoms with Gasteiger partial charge in [0.2, 0.25) is 0 Å². The number of hydrogen-bond donors (Lipinski definition) is 2. The molecule has 0 unspecified atom stereocenters. The van der Waals surface area contributed by atoms with Gasteiger partial charge in [-0.15, -0.1) is 0 Å². The molecule has 1 aromatic carbocycles. The van der Waals surface area contributed by atoms with Gasteiger partial charge >= 0.3 is 0 Å². The maximum atomic E-state index is 10.00. The molecular weight excluding hydrogens is 264 g/mol. The predicted octanol–water partition coefficient (Wildman–Crippen LogP) is 2.90. The van der Waals surface area contributed by atoms with Crippen molar-refractivity contribution < 1.29 is 5.11 Å². The zero-order valence-corrected chi connectivity index (χ0v) is 12.2. The van der Waals surface area contributed by atoms with E-state index in [1.165, 1.54) is 6.33 Å². The van der Waals surface area contributed by atoms with E-state index in [0.29, 0.717) is 11.3 Å². The molecule has 5 heteroatoms. The van der Waals surface area contributed by atoms with Crippen LogP contribution in [0.4, 0.5) is 5.82 Å². The Labute approximate surface area is 122 Å². The van der Waals surface area contributed by atoms with Gasteiger partial charge in [0.1, 0.15) is 23.4 Å². The maximum Gasteiger partial charge on any atom is 0.134 e. The highest BCUT2D eigenvalue weighted by molar-refractivity contribution is 5.98. The third-order valence-corrected chi connectivity index (χ3v) is 3.66. The second kappa shape index (κ2) is 4.70. The van der Waals surface area contributed by atoms with Gasteiger partial charge < -0.3 is 10.8 Å². The molecular formula is C16H16N4O. The van der Waals surface area contributed by atoms with Crippen LogP contribution in [-0.4, -0.2) is 20.1 Å². The first-order valence-corrected chi connectivity index (χ1v) is 6.66. The topological polar surface area (TPSA) is 84.9 Å². The number of aromatic hydroxyl groups is 1. The summed E-state index contributed by atoms with van der Waals surface area (Å²) >= 11 is 0. The van der Waals surface area contributed by atoms with Crippen LogP contribution in [0.25, 0.3) is 22.2 Å². The summed E-state index contributed by atoms with van der Waals surface area (Å²) in [7, 11) is 0. The number of hydrogen-bond acceptors (Lipinski definition) is 5. The van der Waals surface area contributed by atoms with Gasteiger partial charge in [0, 0.05) is 22.2 Å². The van der Waals surface area contributed by atoms with Crippen molar-refractivity contribution in [1.29, 1.82) is 0 Å². The maximum absolute atomic E-state index is 10.00. The Hall–Kier alpha value is -2.69. The zero-order chi connectivity index (χ0) is 15.1. The van der Waals surface area contributed by atoms with E-state index >= 15 is 0 Å². The normalized spacial score (nSPS) is 11.0.